The van der Waals surface area contributed by atoms with Gasteiger partial charge in [0.15, 0.2) is 0 Å². The van der Waals surface area contributed by atoms with Crippen molar-refractivity contribution in [3.05, 3.63) is 39.4 Å². The van der Waals surface area contributed by atoms with Gasteiger partial charge in [-0.05, 0) is 29.8 Å². The van der Waals surface area contributed by atoms with Gasteiger partial charge in [-0.1, -0.05) is 0 Å². The molecule has 19 heavy (non-hydrogen) atoms. The molecule has 0 saturated heterocycles. The molecule has 102 valence electrons. The Morgan fingerprint density at radius 3 is 2.63 bits per heavy atom. The number of alkyl halides is 3. The molecule has 0 unspecified atom stereocenters. The van der Waals surface area contributed by atoms with Crippen LogP contribution in [0.15, 0.2) is 23.0 Å². The Labute approximate surface area is 110 Å². The fraction of sp³-hybridized carbons (Fsp3) is 0.273. The molecule has 1 heterocycles. The van der Waals surface area contributed by atoms with Crippen molar-refractivity contribution in [3.8, 4) is 0 Å². The monoisotopic (exact) mass is 292 g/mol. The van der Waals surface area contributed by atoms with E-state index in [1.807, 2.05) is 0 Å². The molecule has 0 aliphatic rings. The van der Waals surface area contributed by atoms with E-state index in [4.69, 9.17) is 16.7 Å². The molecule has 0 fully saturated rings. The zero-order chi connectivity index (χ0) is 14.2. The first-order valence-corrected chi connectivity index (χ1v) is 5.60. The molecule has 1 aromatic heterocycles. The maximum atomic E-state index is 12.6. The molecular weight excluding hydrogens is 285 g/mol. The average molecular weight is 293 g/mol. The molecule has 0 radical (unpaired) electrons. The van der Waals surface area contributed by atoms with Crippen molar-refractivity contribution in [2.24, 2.45) is 0 Å². The third-order valence-electron chi connectivity index (χ3n) is 2.56. The summed E-state index contributed by atoms with van der Waals surface area (Å²) in [6.45, 7) is -0.497. The summed E-state index contributed by atoms with van der Waals surface area (Å²) in [5.41, 5.74) is -1.57. The van der Waals surface area contributed by atoms with E-state index in [0.29, 0.717) is 0 Å². The lowest BCUT2D eigenvalue weighted by Gasteiger charge is -2.10. The first-order chi connectivity index (χ1) is 8.84. The van der Waals surface area contributed by atoms with Gasteiger partial charge in [0.25, 0.3) is 5.56 Å². The van der Waals surface area contributed by atoms with Gasteiger partial charge in [0.1, 0.15) is 0 Å². The third kappa shape index (κ3) is 2.57. The van der Waals surface area contributed by atoms with Crippen LogP contribution in [0.5, 0.6) is 0 Å². The molecule has 0 spiro atoms. The van der Waals surface area contributed by atoms with Gasteiger partial charge < -0.3 is 5.11 Å². The summed E-state index contributed by atoms with van der Waals surface area (Å²) in [7, 11) is 0. The number of aromatic nitrogens is 2. The van der Waals surface area contributed by atoms with Gasteiger partial charge in [-0.15, -0.1) is 0 Å². The van der Waals surface area contributed by atoms with Gasteiger partial charge in [0.2, 0.25) is 5.28 Å². The molecule has 0 aliphatic heterocycles. The predicted octanol–water partition coefficient (Wildman–Crippen LogP) is 2.06. The van der Waals surface area contributed by atoms with Crippen molar-refractivity contribution >= 4 is 22.5 Å². The van der Waals surface area contributed by atoms with Crippen LogP contribution in [0, 0.1) is 0 Å². The van der Waals surface area contributed by atoms with E-state index in [1.54, 1.807) is 0 Å². The summed E-state index contributed by atoms with van der Waals surface area (Å²) in [5, 5.41) is 8.44. The smallest absolute Gasteiger partial charge is 0.395 e. The quantitative estimate of drug-likeness (QED) is 0.862. The maximum Gasteiger partial charge on any atom is 0.416 e. The molecule has 0 saturated carbocycles. The molecule has 2 rings (SSSR count). The van der Waals surface area contributed by atoms with Crippen LogP contribution in [0.3, 0.4) is 0 Å². The minimum Gasteiger partial charge on any atom is -0.395 e. The Morgan fingerprint density at radius 2 is 2.05 bits per heavy atom. The SMILES string of the molecule is O=c1c2cc(C(F)(F)F)ccc2nc(Cl)n1CCO. The Morgan fingerprint density at radius 1 is 1.37 bits per heavy atom. The number of aliphatic hydroxyl groups excluding tert-OH is 1. The molecule has 1 aromatic carbocycles. The van der Waals surface area contributed by atoms with E-state index in [9.17, 15) is 18.0 Å². The standard InChI is InChI=1S/C11H8ClF3N2O2/c12-10-16-8-2-1-6(11(13,14)15)5-7(8)9(19)17(10)3-4-18/h1-2,5,18H,3-4H2. The van der Waals surface area contributed by atoms with E-state index in [-0.39, 0.29) is 29.3 Å². The second kappa shape index (κ2) is 4.82. The second-order valence-electron chi connectivity index (χ2n) is 3.79. The van der Waals surface area contributed by atoms with Crippen LogP contribution in [-0.4, -0.2) is 21.3 Å². The normalized spacial score (nSPS) is 12.1. The summed E-state index contributed by atoms with van der Waals surface area (Å²) in [6.07, 6.45) is -4.54. The summed E-state index contributed by atoms with van der Waals surface area (Å²) >= 11 is 5.74. The number of aliphatic hydroxyl groups is 1. The highest BCUT2D eigenvalue weighted by Gasteiger charge is 2.31. The van der Waals surface area contributed by atoms with Gasteiger partial charge >= 0.3 is 6.18 Å². The van der Waals surface area contributed by atoms with Crippen molar-refractivity contribution in [2.45, 2.75) is 12.7 Å². The number of halogens is 4. The summed E-state index contributed by atoms with van der Waals surface area (Å²) in [5.74, 6) is 0. The Hall–Kier alpha value is -1.60. The van der Waals surface area contributed by atoms with E-state index < -0.39 is 17.3 Å². The van der Waals surface area contributed by atoms with Crippen molar-refractivity contribution in [1.29, 1.82) is 0 Å². The van der Waals surface area contributed by atoms with Crippen molar-refractivity contribution in [3.63, 3.8) is 0 Å². The molecule has 8 heteroatoms. The molecule has 0 amide bonds. The topological polar surface area (TPSA) is 55.1 Å². The summed E-state index contributed by atoms with van der Waals surface area (Å²) < 4.78 is 38.7. The first kappa shape index (κ1) is 13.8. The van der Waals surface area contributed by atoms with Crippen LogP contribution < -0.4 is 5.56 Å². The fourth-order valence-corrected chi connectivity index (χ4v) is 1.92. The first-order valence-electron chi connectivity index (χ1n) is 5.22. The van der Waals surface area contributed by atoms with Crippen LogP contribution in [0.1, 0.15) is 5.56 Å². The third-order valence-corrected chi connectivity index (χ3v) is 2.85. The van der Waals surface area contributed by atoms with Crippen molar-refractivity contribution in [1.82, 2.24) is 9.55 Å². The summed E-state index contributed by atoms with van der Waals surface area (Å²) in [4.78, 5) is 15.8. The molecular formula is C11H8ClF3N2O2. The number of hydrogen-bond donors (Lipinski definition) is 1. The lowest BCUT2D eigenvalue weighted by atomic mass is 10.1. The zero-order valence-corrected chi connectivity index (χ0v) is 10.2. The van der Waals surface area contributed by atoms with Crippen LogP contribution in [0.25, 0.3) is 10.9 Å². The minimum atomic E-state index is -4.54. The van der Waals surface area contributed by atoms with Crippen molar-refractivity contribution < 1.29 is 18.3 Å². The highest BCUT2D eigenvalue weighted by atomic mass is 35.5. The average Bonchev–Trinajstić information content (AvgIpc) is 2.33. The van der Waals surface area contributed by atoms with Gasteiger partial charge in [0, 0.05) is 0 Å². The highest BCUT2D eigenvalue weighted by Crippen LogP contribution is 2.30. The highest BCUT2D eigenvalue weighted by molar-refractivity contribution is 6.28. The van der Waals surface area contributed by atoms with E-state index in [0.717, 1.165) is 22.8 Å². The van der Waals surface area contributed by atoms with E-state index in [2.05, 4.69) is 4.98 Å². The van der Waals surface area contributed by atoms with E-state index >= 15 is 0 Å². The van der Waals surface area contributed by atoms with Gasteiger partial charge in [0.05, 0.1) is 29.6 Å². The fourth-order valence-electron chi connectivity index (χ4n) is 1.66. The van der Waals surface area contributed by atoms with Gasteiger partial charge in [-0.3, -0.25) is 9.36 Å². The zero-order valence-electron chi connectivity index (χ0n) is 9.41. The Balaban J connectivity index is 2.74. The number of benzene rings is 1. The Bertz CT molecular complexity index is 682. The molecule has 0 atom stereocenters. The van der Waals surface area contributed by atoms with Crippen molar-refractivity contribution in [2.75, 3.05) is 6.61 Å². The molecule has 4 nitrogen and oxygen atoms in total. The lowest BCUT2D eigenvalue weighted by Crippen LogP contribution is -2.24. The maximum absolute atomic E-state index is 12.6. The van der Waals surface area contributed by atoms with Gasteiger partial charge in [-0.2, -0.15) is 13.2 Å². The summed E-state index contributed by atoms with van der Waals surface area (Å²) in [6, 6.07) is 2.66. The number of fused-ring (bicyclic) bond motifs is 1. The largest absolute Gasteiger partial charge is 0.416 e. The lowest BCUT2D eigenvalue weighted by molar-refractivity contribution is -0.137. The van der Waals surface area contributed by atoms with Crippen LogP contribution >= 0.6 is 11.6 Å². The van der Waals surface area contributed by atoms with Crippen LogP contribution in [0.4, 0.5) is 13.2 Å². The predicted molar refractivity (Wildman–Crippen MR) is 63.1 cm³/mol. The number of nitrogens with zero attached hydrogens (tertiary/aromatic N) is 2. The van der Waals surface area contributed by atoms with Crippen LogP contribution in [0.2, 0.25) is 5.28 Å². The van der Waals surface area contributed by atoms with Gasteiger partial charge in [-0.25, -0.2) is 4.98 Å². The van der Waals surface area contributed by atoms with E-state index in [1.165, 1.54) is 0 Å². The minimum absolute atomic E-state index is 0.0807. The number of rotatable bonds is 2. The Kier molecular flexibility index (Phi) is 3.51. The molecule has 0 bridgehead atoms. The molecule has 1 N–H and O–H groups in total. The second-order valence-corrected chi connectivity index (χ2v) is 4.13. The molecule has 2 aromatic rings. The van der Waals surface area contributed by atoms with Crippen LogP contribution in [-0.2, 0) is 12.7 Å². The number of hydrogen-bond acceptors (Lipinski definition) is 3. The molecule has 0 aliphatic carbocycles.